The van der Waals surface area contributed by atoms with Crippen LogP contribution >= 0.6 is 0 Å². The van der Waals surface area contributed by atoms with Crippen LogP contribution in [0, 0.1) is 0 Å². The van der Waals surface area contributed by atoms with Gasteiger partial charge in [0.2, 0.25) is 0 Å². The molecular weight excluding hydrogens is 389 g/mol. The first-order chi connectivity index (χ1) is 13.9. The third-order valence-corrected chi connectivity index (χ3v) is 4.01. The van der Waals surface area contributed by atoms with Crippen molar-refractivity contribution in [1.82, 2.24) is 4.98 Å². The molecular formula is C20H19F3N2O4. The van der Waals surface area contributed by atoms with E-state index in [1.165, 1.54) is 7.11 Å². The van der Waals surface area contributed by atoms with E-state index in [1.54, 1.807) is 31.5 Å². The average Bonchev–Trinajstić information content (AvgIpc) is 2.71. The summed E-state index contributed by atoms with van der Waals surface area (Å²) in [7, 11) is 3.08. The number of alkyl halides is 3. The molecule has 1 aromatic heterocycles. The molecule has 0 saturated carbocycles. The largest absolute Gasteiger partial charge is 0.522 e. The second kappa shape index (κ2) is 8.87. The van der Waals surface area contributed by atoms with Crippen molar-refractivity contribution < 1.29 is 32.1 Å². The van der Waals surface area contributed by atoms with Crippen LogP contribution in [0.1, 0.15) is 0 Å². The summed E-state index contributed by atoms with van der Waals surface area (Å²) in [6.07, 6.45) is -3.00. The zero-order valence-electron chi connectivity index (χ0n) is 15.7. The van der Waals surface area contributed by atoms with Crippen LogP contribution in [0.5, 0.6) is 17.2 Å². The van der Waals surface area contributed by atoms with Crippen molar-refractivity contribution in [1.29, 1.82) is 0 Å². The third-order valence-electron chi connectivity index (χ3n) is 4.01. The molecule has 9 heteroatoms. The number of anilines is 2. The Morgan fingerprint density at radius 1 is 0.897 bits per heavy atom. The van der Waals surface area contributed by atoms with Crippen molar-refractivity contribution in [3.8, 4) is 17.2 Å². The number of nitrogens with one attached hydrogen (secondary N) is 1. The van der Waals surface area contributed by atoms with E-state index < -0.39 is 13.0 Å². The Labute approximate surface area is 165 Å². The lowest BCUT2D eigenvalue weighted by Gasteiger charge is -2.15. The summed E-state index contributed by atoms with van der Waals surface area (Å²) in [5.74, 6) is 1.54. The van der Waals surface area contributed by atoms with Crippen LogP contribution in [0.15, 0.2) is 48.7 Å². The molecule has 0 saturated heterocycles. The lowest BCUT2D eigenvalue weighted by Crippen LogP contribution is -2.18. The lowest BCUT2D eigenvalue weighted by molar-refractivity contribution is -0.325. The normalized spacial score (nSPS) is 11.3. The van der Waals surface area contributed by atoms with E-state index in [0.29, 0.717) is 22.9 Å². The monoisotopic (exact) mass is 408 g/mol. The molecule has 6 nitrogen and oxygen atoms in total. The summed E-state index contributed by atoms with van der Waals surface area (Å²) in [5.41, 5.74) is 2.23. The number of aromatic nitrogens is 1. The number of pyridine rings is 1. The van der Waals surface area contributed by atoms with Crippen molar-refractivity contribution in [2.45, 2.75) is 6.36 Å². The molecule has 0 bridgehead atoms. The molecule has 3 rings (SSSR count). The zero-order chi connectivity index (χ0) is 20.9. The molecule has 0 unspecified atom stereocenters. The van der Waals surface area contributed by atoms with Gasteiger partial charge in [-0.3, -0.25) is 9.72 Å². The van der Waals surface area contributed by atoms with E-state index >= 15 is 0 Å². The summed E-state index contributed by atoms with van der Waals surface area (Å²) in [4.78, 5) is 4.34. The first-order valence-electron chi connectivity index (χ1n) is 8.61. The molecule has 0 aliphatic heterocycles. The highest BCUT2D eigenvalue weighted by atomic mass is 19.4. The van der Waals surface area contributed by atoms with E-state index in [0.717, 1.165) is 16.6 Å². The minimum Gasteiger partial charge on any atom is -0.497 e. The van der Waals surface area contributed by atoms with Crippen molar-refractivity contribution in [3.63, 3.8) is 0 Å². The number of nitrogens with zero attached hydrogens (tertiary/aromatic N) is 1. The average molecular weight is 408 g/mol. The highest BCUT2D eigenvalue weighted by Crippen LogP contribution is 2.34. The topological polar surface area (TPSA) is 61.8 Å². The molecule has 154 valence electrons. The van der Waals surface area contributed by atoms with Gasteiger partial charge in [0.1, 0.15) is 23.9 Å². The van der Waals surface area contributed by atoms with Crippen molar-refractivity contribution in [2.75, 3.05) is 32.8 Å². The van der Waals surface area contributed by atoms with Crippen LogP contribution in [0.25, 0.3) is 10.9 Å². The second-order valence-corrected chi connectivity index (χ2v) is 5.87. The fraction of sp³-hybridized carbons (Fsp3) is 0.250. The molecule has 3 aromatic rings. The minimum absolute atomic E-state index is 0.244. The molecule has 29 heavy (non-hydrogen) atoms. The standard InChI is InChI=1S/C20H19F3N2O4/c1-26-13-3-5-15-16(7-8-24-18(15)11-13)25-17-6-4-14(12-19(17)27-2)28-9-10-29-20(21,22)23/h3-8,11-12H,9-10H2,1-2H3,(H,24,25). The number of hydrogen-bond acceptors (Lipinski definition) is 6. The molecule has 1 N–H and O–H groups in total. The predicted octanol–water partition coefficient (Wildman–Crippen LogP) is 4.91. The Kier molecular flexibility index (Phi) is 6.28. The van der Waals surface area contributed by atoms with Gasteiger partial charge in [0.15, 0.2) is 0 Å². The van der Waals surface area contributed by atoms with Gasteiger partial charge in [-0.25, -0.2) is 0 Å². The van der Waals surface area contributed by atoms with Gasteiger partial charge < -0.3 is 19.5 Å². The summed E-state index contributed by atoms with van der Waals surface area (Å²) >= 11 is 0. The van der Waals surface area contributed by atoms with Gasteiger partial charge in [-0.05, 0) is 30.3 Å². The molecule has 0 fully saturated rings. The number of methoxy groups -OCH3 is 2. The summed E-state index contributed by atoms with van der Waals surface area (Å²) in [6, 6.07) is 12.3. The SMILES string of the molecule is COc1ccc2c(Nc3ccc(OCCOC(F)(F)F)cc3OC)ccnc2c1. The Hall–Kier alpha value is -3.20. The number of halogens is 3. The van der Waals surface area contributed by atoms with Crippen LogP contribution in [0.4, 0.5) is 24.5 Å². The van der Waals surface area contributed by atoms with Crippen LogP contribution in [0.2, 0.25) is 0 Å². The third kappa shape index (κ3) is 5.41. The summed E-state index contributed by atoms with van der Waals surface area (Å²) in [6.45, 7) is -0.843. The van der Waals surface area contributed by atoms with E-state index in [1.807, 2.05) is 24.3 Å². The van der Waals surface area contributed by atoms with Crippen LogP contribution in [-0.2, 0) is 4.74 Å². The van der Waals surface area contributed by atoms with Crippen LogP contribution in [0.3, 0.4) is 0 Å². The smallest absolute Gasteiger partial charge is 0.497 e. The number of rotatable bonds is 8. The number of fused-ring (bicyclic) bond motifs is 1. The molecule has 2 aromatic carbocycles. The Balaban J connectivity index is 1.75. The quantitative estimate of drug-likeness (QED) is 0.535. The minimum atomic E-state index is -4.67. The van der Waals surface area contributed by atoms with Crippen LogP contribution in [-0.4, -0.2) is 38.8 Å². The maximum Gasteiger partial charge on any atom is 0.522 e. The van der Waals surface area contributed by atoms with Gasteiger partial charge in [0, 0.05) is 29.4 Å². The van der Waals surface area contributed by atoms with Gasteiger partial charge >= 0.3 is 6.36 Å². The van der Waals surface area contributed by atoms with Gasteiger partial charge in [-0.1, -0.05) is 0 Å². The van der Waals surface area contributed by atoms with E-state index in [-0.39, 0.29) is 6.61 Å². The molecule has 0 radical (unpaired) electrons. The second-order valence-electron chi connectivity index (χ2n) is 5.87. The van der Waals surface area contributed by atoms with Crippen molar-refractivity contribution in [2.24, 2.45) is 0 Å². The number of ether oxygens (including phenoxy) is 4. The number of benzene rings is 2. The Morgan fingerprint density at radius 2 is 1.69 bits per heavy atom. The van der Waals surface area contributed by atoms with Crippen molar-refractivity contribution in [3.05, 3.63) is 48.7 Å². The Morgan fingerprint density at radius 3 is 2.41 bits per heavy atom. The molecule has 0 atom stereocenters. The lowest BCUT2D eigenvalue weighted by atomic mass is 10.1. The fourth-order valence-corrected chi connectivity index (χ4v) is 2.69. The summed E-state index contributed by atoms with van der Waals surface area (Å²) < 4.78 is 55.6. The highest BCUT2D eigenvalue weighted by molar-refractivity contribution is 5.94. The maximum absolute atomic E-state index is 12.0. The molecule has 0 aliphatic carbocycles. The van der Waals surface area contributed by atoms with Gasteiger partial charge in [0.25, 0.3) is 0 Å². The first-order valence-corrected chi connectivity index (χ1v) is 8.61. The van der Waals surface area contributed by atoms with E-state index in [4.69, 9.17) is 14.2 Å². The first kappa shape index (κ1) is 20.5. The van der Waals surface area contributed by atoms with Crippen molar-refractivity contribution >= 4 is 22.3 Å². The molecule has 0 aliphatic rings. The molecule has 1 heterocycles. The predicted molar refractivity (Wildman–Crippen MR) is 102 cm³/mol. The maximum atomic E-state index is 12.0. The van der Waals surface area contributed by atoms with E-state index in [2.05, 4.69) is 15.0 Å². The zero-order valence-corrected chi connectivity index (χ0v) is 15.7. The summed E-state index contributed by atoms with van der Waals surface area (Å²) in [5, 5.41) is 4.17. The van der Waals surface area contributed by atoms with Crippen LogP contribution < -0.4 is 19.5 Å². The van der Waals surface area contributed by atoms with Gasteiger partial charge in [-0.15, -0.1) is 13.2 Å². The number of hydrogen-bond donors (Lipinski definition) is 1. The van der Waals surface area contributed by atoms with Gasteiger partial charge in [0.05, 0.1) is 32.0 Å². The van der Waals surface area contributed by atoms with Gasteiger partial charge in [-0.2, -0.15) is 0 Å². The highest BCUT2D eigenvalue weighted by Gasteiger charge is 2.28. The Bertz CT molecular complexity index is 980. The fourth-order valence-electron chi connectivity index (χ4n) is 2.69. The van der Waals surface area contributed by atoms with E-state index in [9.17, 15) is 13.2 Å². The molecule has 0 spiro atoms. The molecule has 0 amide bonds.